The second-order valence-electron chi connectivity index (χ2n) is 3.55. The molecule has 0 unspecified atom stereocenters. The predicted octanol–water partition coefficient (Wildman–Crippen LogP) is 1.53. The lowest BCUT2D eigenvalue weighted by Crippen LogP contribution is -2.15. The van der Waals surface area contributed by atoms with E-state index < -0.39 is 45.3 Å². The number of ether oxygens (including phenoxy) is 2. The number of carbonyl (C=O) groups excluding carboxylic acids is 1. The lowest BCUT2D eigenvalue weighted by molar-refractivity contribution is -0.394. The number of non-ortho nitro benzene ring substituents is 1. The fraction of sp³-hybridized carbons (Fsp3) is 0.182. The van der Waals surface area contributed by atoms with Gasteiger partial charge in [-0.15, -0.1) is 0 Å². The third-order valence-electron chi connectivity index (χ3n) is 2.16. The number of phenolic OH excluding ortho intramolecular Hbond substituents is 1. The van der Waals surface area contributed by atoms with Gasteiger partial charge in [-0.25, -0.2) is 4.79 Å². The van der Waals surface area contributed by atoms with Gasteiger partial charge in [0.1, 0.15) is 0 Å². The molecule has 10 nitrogen and oxygen atoms in total. The molecule has 1 aromatic carbocycles. The van der Waals surface area contributed by atoms with Gasteiger partial charge in [0.15, 0.2) is 19.0 Å². The first kappa shape index (κ1) is 17.4. The Hall–Kier alpha value is -2.62. The number of hydrogen-bond donors (Lipinski definition) is 1. The van der Waals surface area contributed by atoms with Crippen LogP contribution in [0.5, 0.6) is 11.5 Å². The molecule has 0 heterocycles. The van der Waals surface area contributed by atoms with E-state index in [9.17, 15) is 30.1 Å². The number of nitrogens with zero attached hydrogens (tertiary/aromatic N) is 2. The first-order valence-electron chi connectivity index (χ1n) is 5.39. The fourth-order valence-electron chi connectivity index (χ4n) is 1.26. The van der Waals surface area contributed by atoms with Crippen molar-refractivity contribution in [1.82, 2.24) is 0 Å². The zero-order chi connectivity index (χ0) is 16.7. The molecule has 0 aromatic heterocycles. The summed E-state index contributed by atoms with van der Waals surface area (Å²) in [6.45, 7) is -0.874. The maximum Gasteiger partial charge on any atom is 0.345 e. The van der Waals surface area contributed by atoms with Crippen molar-refractivity contribution in [3.63, 3.8) is 0 Å². The highest BCUT2D eigenvalue weighted by Gasteiger charge is 2.25. The summed E-state index contributed by atoms with van der Waals surface area (Å²) >= 11 is 1.74. The molecule has 1 N–H and O–H groups in total. The number of esters is 1. The van der Waals surface area contributed by atoms with Crippen molar-refractivity contribution in [1.29, 1.82) is 0 Å². The first-order chi connectivity index (χ1) is 10.4. The summed E-state index contributed by atoms with van der Waals surface area (Å²) in [7, 11) is 0. The standard InChI is InChI=1S/C11H7IN2O8/c12-2-1-3-21-10(15)6-22-9-5-7(13(17)18)4-8(11(9)16)14(19)20/h4-5,16H,3,6H2. The van der Waals surface area contributed by atoms with Crippen LogP contribution in [-0.4, -0.2) is 34.1 Å². The lowest BCUT2D eigenvalue weighted by atomic mass is 10.2. The number of nitro groups is 2. The topological polar surface area (TPSA) is 142 Å². The third kappa shape index (κ3) is 4.74. The summed E-state index contributed by atoms with van der Waals surface area (Å²) in [6.07, 6.45) is 0. The third-order valence-corrected chi connectivity index (χ3v) is 2.55. The van der Waals surface area contributed by atoms with E-state index in [0.29, 0.717) is 6.07 Å². The van der Waals surface area contributed by atoms with E-state index >= 15 is 0 Å². The van der Waals surface area contributed by atoms with Gasteiger partial charge in [0, 0.05) is 22.6 Å². The van der Waals surface area contributed by atoms with Gasteiger partial charge in [-0.2, -0.15) is 0 Å². The molecular weight excluding hydrogens is 415 g/mol. The van der Waals surface area contributed by atoms with Crippen LogP contribution in [0.3, 0.4) is 0 Å². The van der Waals surface area contributed by atoms with Gasteiger partial charge in [-0.05, 0) is 3.93 Å². The monoisotopic (exact) mass is 422 g/mol. The summed E-state index contributed by atoms with van der Waals surface area (Å²) in [6, 6.07) is 1.34. The van der Waals surface area contributed by atoms with Gasteiger partial charge in [0.2, 0.25) is 5.75 Å². The maximum atomic E-state index is 11.3. The van der Waals surface area contributed by atoms with E-state index in [4.69, 9.17) is 4.74 Å². The molecule has 0 spiro atoms. The van der Waals surface area contributed by atoms with Crippen molar-refractivity contribution in [3.8, 4) is 21.3 Å². The zero-order valence-electron chi connectivity index (χ0n) is 10.6. The summed E-state index contributed by atoms with van der Waals surface area (Å²) in [4.78, 5) is 30.8. The number of halogens is 1. The number of nitro benzene ring substituents is 2. The first-order valence-corrected chi connectivity index (χ1v) is 6.47. The van der Waals surface area contributed by atoms with E-state index in [1.165, 1.54) is 0 Å². The number of carbonyl (C=O) groups is 1. The molecular formula is C11H7IN2O8. The summed E-state index contributed by atoms with van der Waals surface area (Å²) < 4.78 is 11.9. The highest BCUT2D eigenvalue weighted by atomic mass is 127. The second-order valence-corrected chi connectivity index (χ2v) is 4.09. The number of phenols is 1. The molecule has 1 aromatic rings. The van der Waals surface area contributed by atoms with Crippen LogP contribution in [0.1, 0.15) is 0 Å². The quantitative estimate of drug-likeness (QED) is 0.239. The molecule has 0 saturated heterocycles. The highest BCUT2D eigenvalue weighted by molar-refractivity contribution is 14.1. The van der Waals surface area contributed by atoms with E-state index in [1.54, 1.807) is 22.6 Å². The van der Waals surface area contributed by atoms with Crippen LogP contribution >= 0.6 is 22.6 Å². The molecule has 0 saturated carbocycles. The molecule has 116 valence electrons. The van der Waals surface area contributed by atoms with Crippen molar-refractivity contribution in [2.45, 2.75) is 0 Å². The van der Waals surface area contributed by atoms with Crippen LogP contribution in [0.15, 0.2) is 12.1 Å². The van der Waals surface area contributed by atoms with Crippen LogP contribution in [0, 0.1) is 30.1 Å². The van der Waals surface area contributed by atoms with E-state index in [0.717, 1.165) is 6.07 Å². The Morgan fingerprint density at radius 2 is 2.00 bits per heavy atom. The number of aromatic hydroxyl groups is 1. The smallest absolute Gasteiger partial charge is 0.345 e. The molecule has 11 heteroatoms. The summed E-state index contributed by atoms with van der Waals surface area (Å²) in [5.74, 6) is 0.101. The van der Waals surface area contributed by atoms with Crippen molar-refractivity contribution < 1.29 is 29.2 Å². The van der Waals surface area contributed by atoms with Crippen LogP contribution in [0.25, 0.3) is 0 Å². The molecule has 0 aliphatic rings. The number of hydrogen-bond acceptors (Lipinski definition) is 8. The minimum absolute atomic E-state index is 0.174. The summed E-state index contributed by atoms with van der Waals surface area (Å²) in [5.41, 5.74) is -1.57. The Labute approximate surface area is 136 Å². The van der Waals surface area contributed by atoms with Crippen molar-refractivity contribution >= 4 is 39.9 Å². The summed E-state index contributed by atoms with van der Waals surface area (Å²) in [5, 5.41) is 31.0. The molecule has 0 radical (unpaired) electrons. The van der Waals surface area contributed by atoms with Crippen molar-refractivity contribution in [2.75, 3.05) is 13.2 Å². The van der Waals surface area contributed by atoms with E-state index in [1.807, 2.05) is 0 Å². The minimum Gasteiger partial charge on any atom is -0.500 e. The highest BCUT2D eigenvalue weighted by Crippen LogP contribution is 2.39. The number of benzene rings is 1. The van der Waals surface area contributed by atoms with Gasteiger partial charge >= 0.3 is 11.7 Å². The fourth-order valence-corrected chi connectivity index (χ4v) is 1.41. The van der Waals surface area contributed by atoms with Crippen molar-refractivity contribution in [3.05, 3.63) is 32.4 Å². The SMILES string of the molecule is O=C(COc1cc([N+](=O)[O-])cc([N+](=O)[O-])c1O)OCC#CI. The van der Waals surface area contributed by atoms with E-state index in [2.05, 4.69) is 14.6 Å². The second kappa shape index (κ2) is 7.98. The van der Waals surface area contributed by atoms with Crippen LogP contribution in [-0.2, 0) is 9.53 Å². The maximum absolute atomic E-state index is 11.3. The molecule has 0 bridgehead atoms. The molecule has 0 aliphatic carbocycles. The van der Waals surface area contributed by atoms with Crippen LogP contribution in [0.2, 0.25) is 0 Å². The Morgan fingerprint density at radius 3 is 2.55 bits per heavy atom. The Bertz CT molecular complexity index is 679. The molecule has 22 heavy (non-hydrogen) atoms. The normalized spacial score (nSPS) is 9.32. The van der Waals surface area contributed by atoms with Gasteiger partial charge < -0.3 is 14.6 Å². The Balaban J connectivity index is 2.93. The zero-order valence-corrected chi connectivity index (χ0v) is 12.8. The predicted molar refractivity (Wildman–Crippen MR) is 79.7 cm³/mol. The largest absolute Gasteiger partial charge is 0.500 e. The lowest BCUT2D eigenvalue weighted by Gasteiger charge is -2.07. The Morgan fingerprint density at radius 1 is 1.32 bits per heavy atom. The average molecular weight is 422 g/mol. The molecule has 0 amide bonds. The molecule has 1 rings (SSSR count). The molecule has 0 fully saturated rings. The number of rotatable bonds is 6. The molecule has 0 atom stereocenters. The van der Waals surface area contributed by atoms with E-state index in [-0.39, 0.29) is 6.61 Å². The van der Waals surface area contributed by atoms with Gasteiger partial charge in [-0.1, -0.05) is 5.92 Å². The van der Waals surface area contributed by atoms with Crippen LogP contribution in [0.4, 0.5) is 11.4 Å². The van der Waals surface area contributed by atoms with Gasteiger partial charge in [0.25, 0.3) is 5.69 Å². The minimum atomic E-state index is -1.01. The van der Waals surface area contributed by atoms with Gasteiger partial charge in [-0.3, -0.25) is 20.2 Å². The average Bonchev–Trinajstić information content (AvgIpc) is 2.45. The van der Waals surface area contributed by atoms with Crippen molar-refractivity contribution in [2.24, 2.45) is 0 Å². The molecule has 0 aliphatic heterocycles. The Kier molecular flexibility index (Phi) is 6.32. The van der Waals surface area contributed by atoms with Gasteiger partial charge in [0.05, 0.1) is 22.0 Å². The van der Waals surface area contributed by atoms with Crippen LogP contribution < -0.4 is 4.74 Å².